The third kappa shape index (κ3) is 2.08. The second-order valence-electron chi connectivity index (χ2n) is 2.71. The van der Waals surface area contributed by atoms with Crippen LogP contribution >= 0.6 is 12.2 Å². The molecule has 0 saturated heterocycles. The number of H-pyrrole nitrogens is 1. The van der Waals surface area contributed by atoms with Crippen LogP contribution < -0.4 is 5.32 Å². The number of aryl methyl sites for hydroxylation is 1. The molecule has 0 atom stereocenters. The lowest BCUT2D eigenvalue weighted by Gasteiger charge is -2.07. The molecular formula is C8H11N3O2S. The summed E-state index contributed by atoms with van der Waals surface area (Å²) in [5.74, 6) is -0.160. The van der Waals surface area contributed by atoms with Crippen LogP contribution in [0.2, 0.25) is 0 Å². The molecule has 0 saturated carbocycles. The predicted octanol–water partition coefficient (Wildman–Crippen LogP) is 1.58. The minimum atomic E-state index is -1.07. The summed E-state index contributed by atoms with van der Waals surface area (Å²) < 4.78 is 0.195. The molecule has 76 valence electrons. The highest BCUT2D eigenvalue weighted by Crippen LogP contribution is 2.13. The molecule has 1 aromatic heterocycles. The van der Waals surface area contributed by atoms with Crippen molar-refractivity contribution in [3.63, 3.8) is 0 Å². The maximum absolute atomic E-state index is 10.9. The first kappa shape index (κ1) is 10.6. The average molecular weight is 213 g/mol. The quantitative estimate of drug-likeness (QED) is 0.664. The Morgan fingerprint density at radius 2 is 2.36 bits per heavy atom. The van der Waals surface area contributed by atoms with Gasteiger partial charge in [-0.2, -0.15) is 0 Å². The Balaban J connectivity index is 3.36. The van der Waals surface area contributed by atoms with Crippen LogP contribution in [0, 0.1) is 11.6 Å². The van der Waals surface area contributed by atoms with Crippen LogP contribution in [0.3, 0.4) is 0 Å². The van der Waals surface area contributed by atoms with E-state index in [-0.39, 0.29) is 10.2 Å². The summed E-state index contributed by atoms with van der Waals surface area (Å²) in [5.41, 5.74) is 0.0208. The maximum atomic E-state index is 10.9. The van der Waals surface area contributed by atoms with Gasteiger partial charge in [0, 0.05) is 6.54 Å². The zero-order valence-electron chi connectivity index (χ0n) is 7.92. The number of rotatable bonds is 3. The molecule has 3 N–H and O–H groups in total. The number of hydrogen-bond acceptors (Lipinski definition) is 4. The molecule has 1 rings (SSSR count). The Bertz CT molecular complexity index is 414. The van der Waals surface area contributed by atoms with E-state index in [1.807, 2.05) is 6.92 Å². The highest BCUT2D eigenvalue weighted by Gasteiger charge is 2.13. The Morgan fingerprint density at radius 3 is 2.86 bits per heavy atom. The van der Waals surface area contributed by atoms with Gasteiger partial charge < -0.3 is 15.4 Å². The third-order valence-corrected chi connectivity index (χ3v) is 1.90. The van der Waals surface area contributed by atoms with Crippen LogP contribution in [-0.4, -0.2) is 27.6 Å². The molecule has 14 heavy (non-hydrogen) atoms. The van der Waals surface area contributed by atoms with Gasteiger partial charge in [0.15, 0.2) is 0 Å². The Kier molecular flexibility index (Phi) is 3.19. The van der Waals surface area contributed by atoms with Crippen molar-refractivity contribution >= 4 is 24.0 Å². The predicted molar refractivity (Wildman–Crippen MR) is 55.3 cm³/mol. The molecule has 0 aromatic carbocycles. The molecule has 6 heteroatoms. The van der Waals surface area contributed by atoms with Gasteiger partial charge >= 0.3 is 5.97 Å². The number of carboxylic acid groups (broad SMARTS) is 1. The fraction of sp³-hybridized carbons (Fsp3) is 0.375. The summed E-state index contributed by atoms with van der Waals surface area (Å²) in [6.45, 7) is 4.19. The summed E-state index contributed by atoms with van der Waals surface area (Å²) in [4.78, 5) is 17.6. The van der Waals surface area contributed by atoms with Crippen molar-refractivity contribution in [3.8, 4) is 0 Å². The lowest BCUT2D eigenvalue weighted by Crippen LogP contribution is -2.10. The van der Waals surface area contributed by atoms with Gasteiger partial charge in [0.05, 0.1) is 0 Å². The van der Waals surface area contributed by atoms with E-state index in [9.17, 15) is 4.79 Å². The summed E-state index contributed by atoms with van der Waals surface area (Å²) in [7, 11) is 0. The summed E-state index contributed by atoms with van der Waals surface area (Å²) in [6.07, 6.45) is 0. The number of aromatic nitrogens is 2. The van der Waals surface area contributed by atoms with Gasteiger partial charge in [0.25, 0.3) is 0 Å². The highest BCUT2D eigenvalue weighted by atomic mass is 32.1. The number of nitrogens with zero attached hydrogens (tertiary/aromatic N) is 1. The minimum Gasteiger partial charge on any atom is -0.477 e. The van der Waals surface area contributed by atoms with E-state index in [0.717, 1.165) is 0 Å². The second-order valence-corrected chi connectivity index (χ2v) is 3.12. The lowest BCUT2D eigenvalue weighted by molar-refractivity contribution is 0.0696. The monoisotopic (exact) mass is 213 g/mol. The van der Waals surface area contributed by atoms with Crippen LogP contribution in [0.25, 0.3) is 0 Å². The normalized spacial score (nSPS) is 9.86. The summed E-state index contributed by atoms with van der Waals surface area (Å²) >= 11 is 4.90. The third-order valence-electron chi connectivity index (χ3n) is 1.60. The first-order valence-electron chi connectivity index (χ1n) is 4.14. The summed E-state index contributed by atoms with van der Waals surface area (Å²) in [6, 6.07) is 0. The molecule has 0 aliphatic heterocycles. The number of carboxylic acids is 1. The van der Waals surface area contributed by atoms with Crippen LogP contribution in [-0.2, 0) is 0 Å². The van der Waals surface area contributed by atoms with Crippen molar-refractivity contribution in [2.45, 2.75) is 13.8 Å². The van der Waals surface area contributed by atoms with Crippen molar-refractivity contribution < 1.29 is 9.90 Å². The molecule has 0 bridgehead atoms. The molecule has 1 aromatic rings. The molecule has 0 aliphatic carbocycles. The average Bonchev–Trinajstić information content (AvgIpc) is 2.01. The maximum Gasteiger partial charge on any atom is 0.342 e. The number of carbonyl (C=O) groups is 1. The SMILES string of the molecule is CCNc1nc(C)[nH]c(=S)c1C(=O)O. The fourth-order valence-corrected chi connectivity index (χ4v) is 1.41. The Labute approximate surface area is 86.2 Å². The zero-order valence-corrected chi connectivity index (χ0v) is 8.73. The molecule has 0 spiro atoms. The fourth-order valence-electron chi connectivity index (χ4n) is 1.08. The van der Waals surface area contributed by atoms with Crippen LogP contribution in [0.4, 0.5) is 5.82 Å². The van der Waals surface area contributed by atoms with Crippen LogP contribution in [0.15, 0.2) is 0 Å². The smallest absolute Gasteiger partial charge is 0.342 e. The summed E-state index contributed by atoms with van der Waals surface area (Å²) in [5, 5.41) is 11.8. The van der Waals surface area contributed by atoms with E-state index in [2.05, 4.69) is 15.3 Å². The largest absolute Gasteiger partial charge is 0.477 e. The molecule has 0 radical (unpaired) electrons. The first-order valence-corrected chi connectivity index (χ1v) is 4.55. The van der Waals surface area contributed by atoms with Gasteiger partial charge in [-0.3, -0.25) is 0 Å². The van der Waals surface area contributed by atoms with Crippen molar-refractivity contribution in [3.05, 3.63) is 16.0 Å². The van der Waals surface area contributed by atoms with Crippen molar-refractivity contribution in [1.82, 2.24) is 9.97 Å². The van der Waals surface area contributed by atoms with Gasteiger partial charge in [0.1, 0.15) is 21.8 Å². The highest BCUT2D eigenvalue weighted by molar-refractivity contribution is 7.71. The minimum absolute atomic E-state index is 0.0208. The Morgan fingerprint density at radius 1 is 1.71 bits per heavy atom. The van der Waals surface area contributed by atoms with E-state index in [0.29, 0.717) is 18.2 Å². The number of aromatic amines is 1. The molecule has 1 heterocycles. The number of anilines is 1. The van der Waals surface area contributed by atoms with Crippen molar-refractivity contribution in [2.24, 2.45) is 0 Å². The molecule has 0 amide bonds. The van der Waals surface area contributed by atoms with Gasteiger partial charge in [-0.25, -0.2) is 9.78 Å². The van der Waals surface area contributed by atoms with E-state index in [4.69, 9.17) is 17.3 Å². The number of aromatic carboxylic acids is 1. The zero-order chi connectivity index (χ0) is 10.7. The van der Waals surface area contributed by atoms with E-state index >= 15 is 0 Å². The topological polar surface area (TPSA) is 78.0 Å². The van der Waals surface area contributed by atoms with Gasteiger partial charge in [-0.15, -0.1) is 0 Å². The van der Waals surface area contributed by atoms with Gasteiger partial charge in [-0.1, -0.05) is 12.2 Å². The van der Waals surface area contributed by atoms with Crippen molar-refractivity contribution in [2.75, 3.05) is 11.9 Å². The van der Waals surface area contributed by atoms with Crippen LogP contribution in [0.1, 0.15) is 23.1 Å². The molecule has 0 unspecified atom stereocenters. The first-order chi connectivity index (χ1) is 6.56. The molecule has 0 aliphatic rings. The van der Waals surface area contributed by atoms with Crippen molar-refractivity contribution in [1.29, 1.82) is 0 Å². The molecule has 0 fully saturated rings. The Hall–Kier alpha value is -1.43. The lowest BCUT2D eigenvalue weighted by atomic mass is 10.3. The molecular weight excluding hydrogens is 202 g/mol. The van der Waals surface area contributed by atoms with E-state index in [1.54, 1.807) is 6.92 Å². The van der Waals surface area contributed by atoms with Gasteiger partial charge in [-0.05, 0) is 13.8 Å². The standard InChI is InChI=1S/C8H11N3O2S/c1-3-9-6-5(8(12)13)7(14)11-4(2)10-6/h3H2,1-2H3,(H,12,13)(H2,9,10,11,14). The van der Waals surface area contributed by atoms with E-state index < -0.39 is 5.97 Å². The second kappa shape index (κ2) is 4.19. The number of hydrogen-bond donors (Lipinski definition) is 3. The van der Waals surface area contributed by atoms with E-state index in [1.165, 1.54) is 0 Å². The van der Waals surface area contributed by atoms with Crippen LogP contribution in [0.5, 0.6) is 0 Å². The number of nitrogens with one attached hydrogen (secondary N) is 2. The van der Waals surface area contributed by atoms with Gasteiger partial charge in [0.2, 0.25) is 0 Å². The molecule has 5 nitrogen and oxygen atoms in total.